The van der Waals surface area contributed by atoms with E-state index in [0.29, 0.717) is 23.2 Å². The average molecular weight is 288 g/mol. The van der Waals surface area contributed by atoms with Gasteiger partial charge >= 0.3 is 0 Å². The summed E-state index contributed by atoms with van der Waals surface area (Å²) in [6, 6.07) is 7.50. The Hall–Kier alpha value is -0.730. The van der Waals surface area contributed by atoms with Gasteiger partial charge in [-0.3, -0.25) is 4.79 Å². The molecule has 0 aliphatic carbocycles. The molecule has 4 heteroatoms. The molecular weight excluding hydrogens is 269 g/mol. The van der Waals surface area contributed by atoms with E-state index in [1.165, 1.54) is 0 Å². The first-order valence-corrected chi connectivity index (χ1v) is 7.04. The van der Waals surface area contributed by atoms with Crippen molar-refractivity contribution in [2.24, 2.45) is 5.92 Å². The van der Waals surface area contributed by atoms with Crippen LogP contribution in [0, 0.1) is 5.92 Å². The maximum absolute atomic E-state index is 11.9. The Bertz CT molecular complexity index is 393. The molecule has 0 spiro atoms. The number of carbonyl (C=O) groups excluding carboxylic acids is 1. The third kappa shape index (κ3) is 5.28. The molecule has 1 atom stereocenters. The molecule has 0 aromatic heterocycles. The van der Waals surface area contributed by atoms with Crippen molar-refractivity contribution >= 4 is 29.1 Å². The number of amides is 1. The Labute approximate surface area is 119 Å². The predicted octanol–water partition coefficient (Wildman–Crippen LogP) is 3.65. The number of rotatable bonds is 6. The van der Waals surface area contributed by atoms with Gasteiger partial charge in [0.05, 0.1) is 6.42 Å². The largest absolute Gasteiger partial charge is 0.353 e. The van der Waals surface area contributed by atoms with E-state index in [1.807, 2.05) is 18.2 Å². The molecule has 0 heterocycles. The number of halogens is 2. The van der Waals surface area contributed by atoms with Crippen LogP contribution in [-0.2, 0) is 11.2 Å². The molecule has 100 valence electrons. The number of hydrogen-bond acceptors (Lipinski definition) is 1. The number of carbonyl (C=O) groups is 1. The monoisotopic (exact) mass is 287 g/mol. The van der Waals surface area contributed by atoms with Crippen LogP contribution >= 0.6 is 23.2 Å². The van der Waals surface area contributed by atoms with Crippen molar-refractivity contribution in [2.75, 3.05) is 5.88 Å². The molecule has 0 radical (unpaired) electrons. The number of benzene rings is 1. The van der Waals surface area contributed by atoms with Crippen molar-refractivity contribution in [3.8, 4) is 0 Å². The van der Waals surface area contributed by atoms with Gasteiger partial charge in [-0.25, -0.2) is 0 Å². The Morgan fingerprint density at radius 3 is 2.67 bits per heavy atom. The van der Waals surface area contributed by atoms with E-state index < -0.39 is 0 Å². The zero-order valence-corrected chi connectivity index (χ0v) is 12.3. The van der Waals surface area contributed by atoms with Crippen LogP contribution in [0.1, 0.15) is 25.8 Å². The minimum atomic E-state index is 0.0149. The van der Waals surface area contributed by atoms with Crippen LogP contribution in [0.4, 0.5) is 0 Å². The zero-order valence-electron chi connectivity index (χ0n) is 10.7. The topological polar surface area (TPSA) is 29.1 Å². The molecule has 0 saturated heterocycles. The van der Waals surface area contributed by atoms with Gasteiger partial charge in [0.25, 0.3) is 0 Å². The summed E-state index contributed by atoms with van der Waals surface area (Å²) >= 11 is 11.6. The van der Waals surface area contributed by atoms with Gasteiger partial charge < -0.3 is 5.32 Å². The molecule has 1 unspecified atom stereocenters. The molecule has 0 bridgehead atoms. The lowest BCUT2D eigenvalue weighted by atomic mass is 10.0. The van der Waals surface area contributed by atoms with Gasteiger partial charge in [-0.15, -0.1) is 11.6 Å². The van der Waals surface area contributed by atoms with Gasteiger partial charge in [-0.05, 0) is 30.0 Å². The van der Waals surface area contributed by atoms with Crippen LogP contribution in [0.25, 0.3) is 0 Å². The van der Waals surface area contributed by atoms with Crippen molar-refractivity contribution in [1.82, 2.24) is 5.32 Å². The third-order valence-corrected chi connectivity index (χ3v) is 3.28. The van der Waals surface area contributed by atoms with Crippen LogP contribution in [0.5, 0.6) is 0 Å². The Kier molecular flexibility index (Phi) is 6.51. The van der Waals surface area contributed by atoms with Gasteiger partial charge in [0.15, 0.2) is 0 Å². The first-order valence-electron chi connectivity index (χ1n) is 6.12. The fraction of sp³-hybridized carbons (Fsp3) is 0.500. The molecule has 1 aromatic carbocycles. The van der Waals surface area contributed by atoms with Crippen LogP contribution in [0.2, 0.25) is 5.02 Å². The number of alkyl halides is 1. The van der Waals surface area contributed by atoms with Crippen LogP contribution < -0.4 is 5.32 Å². The standard InChI is InChI=1S/C14H19Cl2NO/c1-10(2)13(6-7-15)17-14(18)9-11-4-3-5-12(16)8-11/h3-5,8,10,13H,6-7,9H2,1-2H3,(H,17,18). The molecule has 0 aliphatic rings. The summed E-state index contributed by atoms with van der Waals surface area (Å²) in [6.07, 6.45) is 1.15. The Balaban J connectivity index is 2.55. The maximum Gasteiger partial charge on any atom is 0.224 e. The first kappa shape index (κ1) is 15.3. The SMILES string of the molecule is CC(C)C(CCCl)NC(=O)Cc1cccc(Cl)c1. The highest BCUT2D eigenvalue weighted by Crippen LogP contribution is 2.12. The van der Waals surface area contributed by atoms with Gasteiger partial charge in [0, 0.05) is 16.9 Å². The summed E-state index contributed by atoms with van der Waals surface area (Å²) in [5, 5.41) is 3.67. The molecule has 1 rings (SSSR count). The van der Waals surface area contributed by atoms with E-state index in [4.69, 9.17) is 23.2 Å². The van der Waals surface area contributed by atoms with Gasteiger partial charge in [-0.2, -0.15) is 0 Å². The minimum absolute atomic E-state index is 0.0149. The van der Waals surface area contributed by atoms with Crippen LogP contribution in [0.15, 0.2) is 24.3 Å². The quantitative estimate of drug-likeness (QED) is 0.795. The normalized spacial score (nSPS) is 12.5. The maximum atomic E-state index is 11.9. The van der Waals surface area contributed by atoms with Gasteiger partial charge in [-0.1, -0.05) is 37.6 Å². The molecular formula is C14H19Cl2NO. The highest BCUT2D eigenvalue weighted by atomic mass is 35.5. The van der Waals surface area contributed by atoms with Crippen molar-refractivity contribution in [3.05, 3.63) is 34.9 Å². The summed E-state index contributed by atoms with van der Waals surface area (Å²) in [5.41, 5.74) is 0.924. The summed E-state index contributed by atoms with van der Waals surface area (Å²) in [4.78, 5) is 11.9. The van der Waals surface area contributed by atoms with E-state index in [-0.39, 0.29) is 11.9 Å². The van der Waals surface area contributed by atoms with E-state index >= 15 is 0 Å². The molecule has 1 amide bonds. The molecule has 0 fully saturated rings. The Morgan fingerprint density at radius 2 is 2.11 bits per heavy atom. The van der Waals surface area contributed by atoms with E-state index in [9.17, 15) is 4.79 Å². The second kappa shape index (κ2) is 7.65. The molecule has 0 aliphatic heterocycles. The second-order valence-corrected chi connectivity index (χ2v) is 5.52. The van der Waals surface area contributed by atoms with Crippen LogP contribution in [0.3, 0.4) is 0 Å². The van der Waals surface area contributed by atoms with Crippen LogP contribution in [-0.4, -0.2) is 17.8 Å². The van der Waals surface area contributed by atoms with Gasteiger partial charge in [0.1, 0.15) is 0 Å². The van der Waals surface area contributed by atoms with Gasteiger partial charge in [0.2, 0.25) is 5.91 Å². The highest BCUT2D eigenvalue weighted by molar-refractivity contribution is 6.30. The van der Waals surface area contributed by atoms with Crippen molar-refractivity contribution in [1.29, 1.82) is 0 Å². The average Bonchev–Trinajstić information content (AvgIpc) is 2.28. The van der Waals surface area contributed by atoms with Crippen molar-refractivity contribution in [2.45, 2.75) is 32.7 Å². The Morgan fingerprint density at radius 1 is 1.39 bits per heavy atom. The number of hydrogen-bond donors (Lipinski definition) is 1. The lowest BCUT2D eigenvalue weighted by Gasteiger charge is -2.21. The summed E-state index contributed by atoms with van der Waals surface area (Å²) in [7, 11) is 0. The first-order chi connectivity index (χ1) is 8.52. The predicted molar refractivity (Wildman–Crippen MR) is 77.3 cm³/mol. The van der Waals surface area contributed by atoms with E-state index in [0.717, 1.165) is 12.0 Å². The molecule has 0 saturated carbocycles. The zero-order chi connectivity index (χ0) is 13.5. The third-order valence-electron chi connectivity index (χ3n) is 2.82. The molecule has 18 heavy (non-hydrogen) atoms. The van der Waals surface area contributed by atoms with E-state index in [2.05, 4.69) is 19.2 Å². The highest BCUT2D eigenvalue weighted by Gasteiger charge is 2.15. The molecule has 1 N–H and O–H groups in total. The lowest BCUT2D eigenvalue weighted by molar-refractivity contribution is -0.121. The second-order valence-electron chi connectivity index (χ2n) is 4.70. The lowest BCUT2D eigenvalue weighted by Crippen LogP contribution is -2.39. The summed E-state index contributed by atoms with van der Waals surface area (Å²) in [5.74, 6) is 0.952. The summed E-state index contributed by atoms with van der Waals surface area (Å²) in [6.45, 7) is 4.16. The van der Waals surface area contributed by atoms with Crippen molar-refractivity contribution in [3.63, 3.8) is 0 Å². The summed E-state index contributed by atoms with van der Waals surface area (Å²) < 4.78 is 0. The number of nitrogens with one attached hydrogen (secondary N) is 1. The fourth-order valence-corrected chi connectivity index (χ4v) is 2.23. The smallest absolute Gasteiger partial charge is 0.224 e. The van der Waals surface area contributed by atoms with Crippen molar-refractivity contribution < 1.29 is 4.79 Å². The minimum Gasteiger partial charge on any atom is -0.353 e. The molecule has 1 aromatic rings. The fourth-order valence-electron chi connectivity index (χ4n) is 1.78. The van der Waals surface area contributed by atoms with E-state index in [1.54, 1.807) is 6.07 Å². The molecule has 2 nitrogen and oxygen atoms in total.